The Kier molecular flexibility index (Phi) is 3.93. The van der Waals surface area contributed by atoms with Crippen LogP contribution in [0.5, 0.6) is 0 Å². The standard InChI is InChI=1S/C18H20N2S/c1-12(2)10-16-17(21-18(19-3)20-16)15-9-8-13-6-4-5-7-14(13)11-15/h4-9,11-12H,10H2,1-3H3,(H,19,20). The Labute approximate surface area is 129 Å². The molecule has 108 valence electrons. The van der Waals surface area contributed by atoms with Crippen LogP contribution < -0.4 is 5.32 Å². The van der Waals surface area contributed by atoms with Crippen molar-refractivity contribution in [3.63, 3.8) is 0 Å². The summed E-state index contributed by atoms with van der Waals surface area (Å²) < 4.78 is 0. The van der Waals surface area contributed by atoms with Crippen molar-refractivity contribution in [1.82, 2.24) is 4.98 Å². The first-order valence-corrected chi connectivity index (χ1v) is 8.15. The largest absolute Gasteiger partial charge is 0.365 e. The molecule has 0 amide bonds. The Morgan fingerprint density at radius 2 is 1.86 bits per heavy atom. The van der Waals surface area contributed by atoms with Crippen LogP contribution in [-0.4, -0.2) is 12.0 Å². The van der Waals surface area contributed by atoms with Crippen molar-refractivity contribution in [1.29, 1.82) is 0 Å². The van der Waals surface area contributed by atoms with Crippen LogP contribution in [0.3, 0.4) is 0 Å². The highest BCUT2D eigenvalue weighted by Crippen LogP contribution is 2.35. The molecular formula is C18H20N2S. The van der Waals surface area contributed by atoms with Gasteiger partial charge in [0.05, 0.1) is 10.6 Å². The molecule has 0 bridgehead atoms. The molecular weight excluding hydrogens is 276 g/mol. The molecule has 0 atom stereocenters. The Balaban J connectivity index is 2.10. The molecule has 0 radical (unpaired) electrons. The number of hydrogen-bond acceptors (Lipinski definition) is 3. The first-order valence-electron chi connectivity index (χ1n) is 7.34. The summed E-state index contributed by atoms with van der Waals surface area (Å²) in [5.41, 5.74) is 2.47. The maximum atomic E-state index is 4.73. The predicted molar refractivity (Wildman–Crippen MR) is 93.1 cm³/mol. The number of rotatable bonds is 4. The number of benzene rings is 2. The normalized spacial score (nSPS) is 11.2. The maximum Gasteiger partial charge on any atom is 0.183 e. The number of aromatic nitrogens is 1. The number of anilines is 1. The quantitative estimate of drug-likeness (QED) is 0.715. The average molecular weight is 296 g/mol. The summed E-state index contributed by atoms with van der Waals surface area (Å²) in [5.74, 6) is 0.607. The third-order valence-corrected chi connectivity index (χ3v) is 4.69. The van der Waals surface area contributed by atoms with Gasteiger partial charge in [0.2, 0.25) is 0 Å². The van der Waals surface area contributed by atoms with E-state index in [1.165, 1.54) is 26.9 Å². The van der Waals surface area contributed by atoms with Crippen molar-refractivity contribution in [2.75, 3.05) is 12.4 Å². The molecule has 3 rings (SSSR count). The topological polar surface area (TPSA) is 24.9 Å². The minimum absolute atomic E-state index is 0.607. The molecule has 1 aromatic heterocycles. The Bertz CT molecular complexity index is 759. The van der Waals surface area contributed by atoms with Crippen molar-refractivity contribution >= 4 is 27.2 Å². The van der Waals surface area contributed by atoms with Crippen LogP contribution in [0.4, 0.5) is 5.13 Å². The molecule has 1 heterocycles. The number of thiazole rings is 1. The lowest BCUT2D eigenvalue weighted by Gasteiger charge is -2.06. The van der Waals surface area contributed by atoms with E-state index in [-0.39, 0.29) is 0 Å². The molecule has 0 aliphatic heterocycles. The lowest BCUT2D eigenvalue weighted by Crippen LogP contribution is -1.97. The van der Waals surface area contributed by atoms with E-state index >= 15 is 0 Å². The summed E-state index contributed by atoms with van der Waals surface area (Å²) in [7, 11) is 1.93. The van der Waals surface area contributed by atoms with Gasteiger partial charge in [0, 0.05) is 7.05 Å². The van der Waals surface area contributed by atoms with Crippen LogP contribution >= 0.6 is 11.3 Å². The van der Waals surface area contributed by atoms with Gasteiger partial charge in [-0.05, 0) is 34.7 Å². The van der Waals surface area contributed by atoms with Gasteiger partial charge in [-0.2, -0.15) is 0 Å². The third-order valence-electron chi connectivity index (χ3n) is 3.52. The second-order valence-electron chi connectivity index (χ2n) is 5.70. The summed E-state index contributed by atoms with van der Waals surface area (Å²) in [6, 6.07) is 15.2. The van der Waals surface area contributed by atoms with Gasteiger partial charge in [0.1, 0.15) is 0 Å². The lowest BCUT2D eigenvalue weighted by molar-refractivity contribution is 0.639. The van der Waals surface area contributed by atoms with Crippen molar-refractivity contribution in [3.8, 4) is 10.4 Å². The number of hydrogen-bond donors (Lipinski definition) is 1. The first kappa shape index (κ1) is 14.1. The van der Waals surface area contributed by atoms with E-state index in [1.54, 1.807) is 11.3 Å². The number of fused-ring (bicyclic) bond motifs is 1. The molecule has 2 nitrogen and oxygen atoms in total. The van der Waals surface area contributed by atoms with Crippen molar-refractivity contribution < 1.29 is 0 Å². The summed E-state index contributed by atoms with van der Waals surface area (Å²) in [4.78, 5) is 6.02. The third kappa shape index (κ3) is 2.93. The van der Waals surface area contributed by atoms with E-state index in [9.17, 15) is 0 Å². The van der Waals surface area contributed by atoms with Gasteiger partial charge in [-0.25, -0.2) is 4.98 Å². The van der Waals surface area contributed by atoms with E-state index in [1.807, 2.05) is 7.05 Å². The zero-order valence-electron chi connectivity index (χ0n) is 12.7. The predicted octanol–water partition coefficient (Wildman–Crippen LogP) is 5.20. The van der Waals surface area contributed by atoms with Gasteiger partial charge in [0.15, 0.2) is 5.13 Å². The van der Waals surface area contributed by atoms with E-state index in [0.29, 0.717) is 5.92 Å². The fourth-order valence-electron chi connectivity index (χ4n) is 2.54. The van der Waals surface area contributed by atoms with Crippen LogP contribution in [0.25, 0.3) is 21.2 Å². The number of nitrogens with zero attached hydrogens (tertiary/aromatic N) is 1. The SMILES string of the molecule is CNc1nc(CC(C)C)c(-c2ccc3ccccc3c2)s1. The zero-order chi connectivity index (χ0) is 14.8. The molecule has 1 N–H and O–H groups in total. The molecule has 21 heavy (non-hydrogen) atoms. The molecule has 0 saturated heterocycles. The van der Waals surface area contributed by atoms with Gasteiger partial charge >= 0.3 is 0 Å². The van der Waals surface area contributed by atoms with Crippen molar-refractivity contribution in [2.24, 2.45) is 5.92 Å². The lowest BCUT2D eigenvalue weighted by atomic mass is 10.0. The fraction of sp³-hybridized carbons (Fsp3) is 0.278. The van der Waals surface area contributed by atoms with Crippen molar-refractivity contribution in [3.05, 3.63) is 48.2 Å². The fourth-order valence-corrected chi connectivity index (χ4v) is 3.48. The van der Waals surface area contributed by atoms with Gasteiger partial charge in [-0.15, -0.1) is 0 Å². The minimum atomic E-state index is 0.607. The Hall–Kier alpha value is -1.87. The Morgan fingerprint density at radius 1 is 1.10 bits per heavy atom. The average Bonchev–Trinajstić information content (AvgIpc) is 2.89. The van der Waals surface area contributed by atoms with Gasteiger partial charge in [-0.1, -0.05) is 61.6 Å². The molecule has 3 aromatic rings. The van der Waals surface area contributed by atoms with Crippen LogP contribution in [0.1, 0.15) is 19.5 Å². The molecule has 0 fully saturated rings. The molecule has 0 aliphatic rings. The van der Waals surface area contributed by atoms with Crippen LogP contribution in [-0.2, 0) is 6.42 Å². The zero-order valence-corrected chi connectivity index (χ0v) is 13.5. The van der Waals surface area contributed by atoms with Gasteiger partial charge in [0.25, 0.3) is 0 Å². The monoisotopic (exact) mass is 296 g/mol. The van der Waals surface area contributed by atoms with Crippen LogP contribution in [0, 0.1) is 5.92 Å². The summed E-state index contributed by atoms with van der Waals surface area (Å²) in [6.07, 6.45) is 1.01. The van der Waals surface area contributed by atoms with Crippen LogP contribution in [0.15, 0.2) is 42.5 Å². The molecule has 3 heteroatoms. The summed E-state index contributed by atoms with van der Waals surface area (Å²) in [6.45, 7) is 4.48. The first-order chi connectivity index (χ1) is 10.2. The molecule has 0 saturated carbocycles. The summed E-state index contributed by atoms with van der Waals surface area (Å²) >= 11 is 1.74. The van der Waals surface area contributed by atoms with Crippen molar-refractivity contribution in [2.45, 2.75) is 20.3 Å². The summed E-state index contributed by atoms with van der Waals surface area (Å²) in [5, 5.41) is 6.73. The Morgan fingerprint density at radius 3 is 2.57 bits per heavy atom. The highest BCUT2D eigenvalue weighted by Gasteiger charge is 2.14. The van der Waals surface area contributed by atoms with E-state index in [0.717, 1.165) is 11.6 Å². The molecule has 2 aromatic carbocycles. The van der Waals surface area contributed by atoms with Crippen LogP contribution in [0.2, 0.25) is 0 Å². The molecule has 0 spiro atoms. The van der Waals surface area contributed by atoms with E-state index < -0.39 is 0 Å². The van der Waals surface area contributed by atoms with E-state index in [2.05, 4.69) is 61.6 Å². The van der Waals surface area contributed by atoms with E-state index in [4.69, 9.17) is 4.98 Å². The smallest absolute Gasteiger partial charge is 0.183 e. The minimum Gasteiger partial charge on any atom is -0.365 e. The molecule has 0 aliphatic carbocycles. The van der Waals surface area contributed by atoms with Gasteiger partial charge in [-0.3, -0.25) is 0 Å². The highest BCUT2D eigenvalue weighted by molar-refractivity contribution is 7.19. The number of nitrogens with one attached hydrogen (secondary N) is 1. The maximum absolute atomic E-state index is 4.73. The molecule has 0 unspecified atom stereocenters. The second kappa shape index (κ2) is 5.86. The van der Waals surface area contributed by atoms with Gasteiger partial charge < -0.3 is 5.32 Å². The second-order valence-corrected chi connectivity index (χ2v) is 6.70. The highest BCUT2D eigenvalue weighted by atomic mass is 32.1.